The van der Waals surface area contributed by atoms with E-state index in [-0.39, 0.29) is 5.92 Å². The number of esters is 1. The molecular formula is C23H29FO3. The highest BCUT2D eigenvalue weighted by Crippen LogP contribution is 2.25. The van der Waals surface area contributed by atoms with Crippen molar-refractivity contribution in [2.45, 2.75) is 52.6 Å². The van der Waals surface area contributed by atoms with Crippen LogP contribution < -0.4 is 9.47 Å². The number of unbranched alkanes of at least 4 members (excludes halogenated alkanes) is 2. The molecule has 2 aromatic carbocycles. The van der Waals surface area contributed by atoms with Gasteiger partial charge in [0.05, 0.1) is 6.61 Å². The number of hydrogen-bond acceptors (Lipinski definition) is 3. The van der Waals surface area contributed by atoms with Gasteiger partial charge in [-0.2, -0.15) is 0 Å². The number of carbonyl (C=O) groups excluding carboxylic acids is 1. The fourth-order valence-corrected chi connectivity index (χ4v) is 2.61. The van der Waals surface area contributed by atoms with Crippen molar-refractivity contribution in [2.24, 2.45) is 5.92 Å². The van der Waals surface area contributed by atoms with E-state index in [1.807, 2.05) is 43.3 Å². The predicted molar refractivity (Wildman–Crippen MR) is 107 cm³/mol. The average Bonchev–Trinajstić information content (AvgIpc) is 2.71. The fourth-order valence-electron chi connectivity index (χ4n) is 2.61. The van der Waals surface area contributed by atoms with Gasteiger partial charge in [0.2, 0.25) is 0 Å². The van der Waals surface area contributed by atoms with Crippen LogP contribution in [0.3, 0.4) is 0 Å². The first-order valence-corrected chi connectivity index (χ1v) is 9.74. The number of hydrogen-bond donors (Lipinski definition) is 0. The SMILES string of the molecule is CCCCCOc1ccc(-c2ccc(OC(=O)C(F)C(C)CC)cc2)cc1. The highest BCUT2D eigenvalue weighted by Gasteiger charge is 2.25. The molecule has 0 aliphatic carbocycles. The standard InChI is InChI=1S/C23H29FO3/c1-4-6-7-16-26-20-12-8-18(9-13-20)19-10-14-21(15-11-19)27-23(25)22(24)17(3)5-2/h8-15,17,22H,4-7,16H2,1-3H3. The van der Waals surface area contributed by atoms with Crippen LogP contribution in [0.15, 0.2) is 48.5 Å². The number of carbonyl (C=O) groups is 1. The third-order valence-electron chi connectivity index (χ3n) is 4.65. The van der Waals surface area contributed by atoms with Crippen LogP contribution in [-0.4, -0.2) is 18.7 Å². The fraction of sp³-hybridized carbons (Fsp3) is 0.435. The van der Waals surface area contributed by atoms with Crippen LogP contribution in [0.4, 0.5) is 4.39 Å². The molecule has 0 saturated carbocycles. The molecule has 2 unspecified atom stereocenters. The zero-order valence-corrected chi connectivity index (χ0v) is 16.4. The number of halogens is 1. The second-order valence-corrected chi connectivity index (χ2v) is 6.81. The molecule has 0 aromatic heterocycles. The van der Waals surface area contributed by atoms with Gasteiger partial charge < -0.3 is 9.47 Å². The second-order valence-electron chi connectivity index (χ2n) is 6.81. The van der Waals surface area contributed by atoms with E-state index in [0.29, 0.717) is 12.2 Å². The van der Waals surface area contributed by atoms with Gasteiger partial charge in [-0.05, 0) is 47.7 Å². The lowest BCUT2D eigenvalue weighted by Crippen LogP contribution is -2.27. The van der Waals surface area contributed by atoms with Gasteiger partial charge >= 0.3 is 5.97 Å². The van der Waals surface area contributed by atoms with E-state index in [2.05, 4.69) is 6.92 Å². The molecule has 2 atom stereocenters. The van der Waals surface area contributed by atoms with Crippen LogP contribution in [0.25, 0.3) is 11.1 Å². The highest BCUT2D eigenvalue weighted by atomic mass is 19.1. The summed E-state index contributed by atoms with van der Waals surface area (Å²) in [5, 5.41) is 0. The predicted octanol–water partition coefficient (Wildman–Crippen LogP) is 6.21. The molecular weight excluding hydrogens is 343 g/mol. The minimum atomic E-state index is -1.60. The van der Waals surface area contributed by atoms with Crippen LogP contribution in [0.1, 0.15) is 46.5 Å². The van der Waals surface area contributed by atoms with Gasteiger partial charge in [0, 0.05) is 0 Å². The Morgan fingerprint density at radius 2 is 1.48 bits per heavy atom. The Bertz CT molecular complexity index is 695. The third kappa shape index (κ3) is 6.38. The summed E-state index contributed by atoms with van der Waals surface area (Å²) in [5.74, 6) is 0.0335. The van der Waals surface area contributed by atoms with E-state index in [9.17, 15) is 9.18 Å². The van der Waals surface area contributed by atoms with E-state index in [0.717, 1.165) is 29.9 Å². The first kappa shape index (κ1) is 20.9. The maximum Gasteiger partial charge on any atom is 0.346 e. The molecule has 146 valence electrons. The Balaban J connectivity index is 1.93. The first-order chi connectivity index (χ1) is 13.0. The van der Waals surface area contributed by atoms with E-state index >= 15 is 0 Å². The largest absolute Gasteiger partial charge is 0.494 e. The maximum atomic E-state index is 13.9. The molecule has 0 aliphatic heterocycles. The van der Waals surface area contributed by atoms with Gasteiger partial charge in [-0.15, -0.1) is 0 Å². The first-order valence-electron chi connectivity index (χ1n) is 9.74. The molecule has 0 radical (unpaired) electrons. The monoisotopic (exact) mass is 372 g/mol. The van der Waals surface area contributed by atoms with Gasteiger partial charge in [0.25, 0.3) is 0 Å². The van der Waals surface area contributed by atoms with E-state index in [4.69, 9.17) is 9.47 Å². The molecule has 4 heteroatoms. The van der Waals surface area contributed by atoms with Gasteiger partial charge in [-0.3, -0.25) is 0 Å². The van der Waals surface area contributed by atoms with Crippen LogP contribution in [0.5, 0.6) is 11.5 Å². The molecule has 2 rings (SSSR count). The lowest BCUT2D eigenvalue weighted by Gasteiger charge is -2.13. The Hall–Kier alpha value is -2.36. The van der Waals surface area contributed by atoms with Crippen molar-refractivity contribution in [3.05, 3.63) is 48.5 Å². The van der Waals surface area contributed by atoms with E-state index < -0.39 is 12.1 Å². The lowest BCUT2D eigenvalue weighted by atomic mass is 10.0. The van der Waals surface area contributed by atoms with Crippen LogP contribution in [0.2, 0.25) is 0 Å². The molecule has 0 spiro atoms. The molecule has 2 aromatic rings. The topological polar surface area (TPSA) is 35.5 Å². The molecule has 0 saturated heterocycles. The van der Waals surface area contributed by atoms with Gasteiger partial charge in [0.15, 0.2) is 6.17 Å². The summed E-state index contributed by atoms with van der Waals surface area (Å²) in [5.41, 5.74) is 2.03. The summed E-state index contributed by atoms with van der Waals surface area (Å²) in [6.45, 7) is 6.45. The molecule has 3 nitrogen and oxygen atoms in total. The van der Waals surface area contributed by atoms with Crippen molar-refractivity contribution in [3.8, 4) is 22.6 Å². The number of benzene rings is 2. The molecule has 27 heavy (non-hydrogen) atoms. The smallest absolute Gasteiger partial charge is 0.346 e. The third-order valence-corrected chi connectivity index (χ3v) is 4.65. The zero-order valence-electron chi connectivity index (χ0n) is 16.4. The van der Waals surface area contributed by atoms with Crippen molar-refractivity contribution in [1.82, 2.24) is 0 Å². The zero-order chi connectivity index (χ0) is 19.6. The molecule has 0 amide bonds. The quantitative estimate of drug-likeness (QED) is 0.282. The normalized spacial score (nSPS) is 13.0. The lowest BCUT2D eigenvalue weighted by molar-refractivity contribution is -0.141. The Labute approximate surface area is 161 Å². The highest BCUT2D eigenvalue weighted by molar-refractivity contribution is 5.77. The summed E-state index contributed by atoms with van der Waals surface area (Å²) < 4.78 is 24.8. The number of alkyl halides is 1. The Morgan fingerprint density at radius 3 is 2.00 bits per heavy atom. The summed E-state index contributed by atoms with van der Waals surface area (Å²) in [7, 11) is 0. The molecule has 0 aliphatic rings. The van der Waals surface area contributed by atoms with Crippen molar-refractivity contribution in [2.75, 3.05) is 6.61 Å². The Kier molecular flexibility index (Phi) is 8.31. The van der Waals surface area contributed by atoms with Crippen molar-refractivity contribution >= 4 is 5.97 Å². The summed E-state index contributed by atoms with van der Waals surface area (Å²) in [6, 6.07) is 15.0. The molecule has 0 heterocycles. The van der Waals surface area contributed by atoms with Gasteiger partial charge in [-0.25, -0.2) is 9.18 Å². The number of rotatable bonds is 10. The second kappa shape index (κ2) is 10.7. The van der Waals surface area contributed by atoms with Gasteiger partial charge in [-0.1, -0.05) is 64.3 Å². The van der Waals surface area contributed by atoms with E-state index in [1.54, 1.807) is 19.1 Å². The van der Waals surface area contributed by atoms with Crippen molar-refractivity contribution in [1.29, 1.82) is 0 Å². The molecule has 0 N–H and O–H groups in total. The van der Waals surface area contributed by atoms with Crippen LogP contribution >= 0.6 is 0 Å². The summed E-state index contributed by atoms with van der Waals surface area (Å²) in [6.07, 6.45) is 2.41. The van der Waals surface area contributed by atoms with E-state index in [1.165, 1.54) is 12.8 Å². The summed E-state index contributed by atoms with van der Waals surface area (Å²) >= 11 is 0. The van der Waals surface area contributed by atoms with Crippen molar-refractivity contribution < 1.29 is 18.7 Å². The minimum Gasteiger partial charge on any atom is -0.494 e. The molecule has 0 fully saturated rings. The summed E-state index contributed by atoms with van der Waals surface area (Å²) in [4.78, 5) is 11.8. The number of ether oxygens (including phenoxy) is 2. The van der Waals surface area contributed by atoms with Crippen LogP contribution in [-0.2, 0) is 4.79 Å². The minimum absolute atomic E-state index is 0.348. The average molecular weight is 372 g/mol. The van der Waals surface area contributed by atoms with Crippen molar-refractivity contribution in [3.63, 3.8) is 0 Å². The molecule has 0 bridgehead atoms. The van der Waals surface area contributed by atoms with Gasteiger partial charge in [0.1, 0.15) is 11.5 Å². The maximum absolute atomic E-state index is 13.9. The van der Waals surface area contributed by atoms with Crippen LogP contribution in [0, 0.1) is 5.92 Å². The Morgan fingerprint density at radius 1 is 0.926 bits per heavy atom.